The molecule has 0 amide bonds. The topological polar surface area (TPSA) is 68.3 Å². The Bertz CT molecular complexity index is 656. The van der Waals surface area contributed by atoms with Crippen molar-refractivity contribution >= 4 is 17.4 Å². The van der Waals surface area contributed by atoms with Crippen molar-refractivity contribution in [3.05, 3.63) is 52.5 Å². The zero-order valence-electron chi connectivity index (χ0n) is 11.2. The van der Waals surface area contributed by atoms with Crippen molar-refractivity contribution < 1.29 is 9.47 Å². The van der Waals surface area contributed by atoms with E-state index in [2.05, 4.69) is 0 Å². The van der Waals surface area contributed by atoms with Gasteiger partial charge in [-0.05, 0) is 42.8 Å². The van der Waals surface area contributed by atoms with Crippen LogP contribution in [0.5, 0.6) is 17.2 Å². The molecule has 0 aliphatic carbocycles. The highest BCUT2D eigenvalue weighted by molar-refractivity contribution is 6.30. The third kappa shape index (κ3) is 3.03. The van der Waals surface area contributed by atoms with Crippen molar-refractivity contribution in [3.8, 4) is 17.2 Å². The van der Waals surface area contributed by atoms with Gasteiger partial charge in [0, 0.05) is 11.1 Å². The molecule has 0 aliphatic heterocycles. The third-order valence-electron chi connectivity index (χ3n) is 2.84. The van der Waals surface area contributed by atoms with Crippen molar-refractivity contribution in [2.24, 2.45) is 5.73 Å². The van der Waals surface area contributed by atoms with Crippen molar-refractivity contribution in [1.29, 1.82) is 5.41 Å². The lowest BCUT2D eigenvalue weighted by Crippen LogP contribution is -2.12. The van der Waals surface area contributed by atoms with E-state index in [1.54, 1.807) is 37.4 Å². The average Bonchev–Trinajstić information content (AvgIpc) is 2.41. The maximum absolute atomic E-state index is 7.59. The third-order valence-corrected chi connectivity index (χ3v) is 3.07. The summed E-state index contributed by atoms with van der Waals surface area (Å²) in [5.41, 5.74) is 6.98. The molecular formula is C15H15ClN2O2. The van der Waals surface area contributed by atoms with Gasteiger partial charge < -0.3 is 15.2 Å². The lowest BCUT2D eigenvalue weighted by atomic mass is 10.1. The van der Waals surface area contributed by atoms with Gasteiger partial charge in [0.25, 0.3) is 0 Å². The second-order valence-corrected chi connectivity index (χ2v) is 4.72. The van der Waals surface area contributed by atoms with Crippen molar-refractivity contribution in [2.75, 3.05) is 7.11 Å². The minimum absolute atomic E-state index is 0.0609. The number of ether oxygens (including phenoxy) is 2. The normalized spacial score (nSPS) is 10.2. The van der Waals surface area contributed by atoms with Crippen LogP contribution in [0.2, 0.25) is 5.02 Å². The molecule has 0 spiro atoms. The summed E-state index contributed by atoms with van der Waals surface area (Å²) < 4.78 is 11.0. The Morgan fingerprint density at radius 1 is 1.15 bits per heavy atom. The van der Waals surface area contributed by atoms with E-state index in [1.807, 2.05) is 13.0 Å². The highest BCUT2D eigenvalue weighted by Gasteiger charge is 2.11. The molecule has 0 unspecified atom stereocenters. The van der Waals surface area contributed by atoms with E-state index >= 15 is 0 Å². The molecule has 5 heteroatoms. The second-order valence-electron chi connectivity index (χ2n) is 4.29. The Balaban J connectivity index is 2.43. The summed E-state index contributed by atoms with van der Waals surface area (Å²) in [6.45, 7) is 1.90. The second kappa shape index (κ2) is 5.84. The number of hydrogen-bond acceptors (Lipinski definition) is 3. The smallest absolute Gasteiger partial charge is 0.142 e. The summed E-state index contributed by atoms with van der Waals surface area (Å²) >= 11 is 5.92. The van der Waals surface area contributed by atoms with Gasteiger partial charge >= 0.3 is 0 Å². The quantitative estimate of drug-likeness (QED) is 0.666. The van der Waals surface area contributed by atoms with E-state index in [0.717, 1.165) is 5.56 Å². The fourth-order valence-electron chi connectivity index (χ4n) is 1.78. The molecule has 4 nitrogen and oxygen atoms in total. The minimum atomic E-state index is -0.0609. The van der Waals surface area contributed by atoms with Gasteiger partial charge in [0.15, 0.2) is 0 Å². The number of nitrogen functional groups attached to an aromatic ring is 1. The predicted octanol–water partition coefficient (Wildman–Crippen LogP) is 3.73. The molecule has 0 saturated heterocycles. The Morgan fingerprint density at radius 2 is 1.90 bits per heavy atom. The Hall–Kier alpha value is -2.20. The summed E-state index contributed by atoms with van der Waals surface area (Å²) in [6.07, 6.45) is 0. The SMILES string of the molecule is COc1ccc(C(=N)N)c(Oc2ccc(Cl)cc2C)c1. The van der Waals surface area contributed by atoms with Crippen LogP contribution < -0.4 is 15.2 Å². The number of benzene rings is 2. The first-order valence-electron chi connectivity index (χ1n) is 5.97. The number of aryl methyl sites for hydroxylation is 1. The molecule has 0 fully saturated rings. The van der Waals surface area contributed by atoms with Crippen LogP contribution in [0.15, 0.2) is 36.4 Å². The van der Waals surface area contributed by atoms with Crippen LogP contribution in [0.4, 0.5) is 0 Å². The number of methoxy groups -OCH3 is 1. The molecule has 20 heavy (non-hydrogen) atoms. The van der Waals surface area contributed by atoms with Crippen LogP contribution in [-0.4, -0.2) is 12.9 Å². The number of nitrogens with two attached hydrogens (primary N) is 1. The summed E-state index contributed by atoms with van der Waals surface area (Å²) in [5.74, 6) is 1.71. The van der Waals surface area contributed by atoms with Crippen molar-refractivity contribution in [3.63, 3.8) is 0 Å². The molecule has 0 radical (unpaired) electrons. The predicted molar refractivity (Wildman–Crippen MR) is 80.3 cm³/mol. The van der Waals surface area contributed by atoms with Gasteiger partial charge in [0.2, 0.25) is 0 Å². The Morgan fingerprint density at radius 3 is 2.50 bits per heavy atom. The van der Waals surface area contributed by atoms with Crippen LogP contribution >= 0.6 is 11.6 Å². The van der Waals surface area contributed by atoms with Crippen molar-refractivity contribution in [2.45, 2.75) is 6.92 Å². The molecule has 0 atom stereocenters. The standard InChI is InChI=1S/C15H15ClN2O2/c1-9-7-10(16)3-6-13(9)20-14-8-11(19-2)4-5-12(14)15(17)18/h3-8H,1-2H3,(H3,17,18). The summed E-state index contributed by atoms with van der Waals surface area (Å²) in [4.78, 5) is 0. The number of hydrogen-bond donors (Lipinski definition) is 2. The van der Waals surface area contributed by atoms with Crippen molar-refractivity contribution in [1.82, 2.24) is 0 Å². The first-order valence-corrected chi connectivity index (χ1v) is 6.35. The number of amidine groups is 1. The molecule has 0 saturated carbocycles. The molecule has 0 bridgehead atoms. The zero-order valence-corrected chi connectivity index (χ0v) is 12.0. The van der Waals surface area contributed by atoms with Gasteiger partial charge in [-0.1, -0.05) is 11.6 Å². The molecule has 2 aromatic carbocycles. The zero-order chi connectivity index (χ0) is 14.7. The maximum Gasteiger partial charge on any atom is 0.142 e. The monoisotopic (exact) mass is 290 g/mol. The van der Waals surface area contributed by atoms with Gasteiger partial charge in [0.05, 0.1) is 12.7 Å². The van der Waals surface area contributed by atoms with Gasteiger partial charge in [-0.25, -0.2) is 0 Å². The number of halogens is 1. The summed E-state index contributed by atoms with van der Waals surface area (Å²) in [7, 11) is 1.57. The van der Waals surface area contributed by atoms with Gasteiger partial charge in [0.1, 0.15) is 23.1 Å². The molecule has 3 N–H and O–H groups in total. The average molecular weight is 291 g/mol. The summed E-state index contributed by atoms with van der Waals surface area (Å²) in [6, 6.07) is 10.5. The van der Waals surface area contributed by atoms with E-state index in [9.17, 15) is 0 Å². The van der Waals surface area contributed by atoms with Crippen LogP contribution in [0.3, 0.4) is 0 Å². The summed E-state index contributed by atoms with van der Waals surface area (Å²) in [5, 5.41) is 8.24. The highest BCUT2D eigenvalue weighted by atomic mass is 35.5. The molecule has 2 rings (SSSR count). The number of nitrogens with one attached hydrogen (secondary N) is 1. The largest absolute Gasteiger partial charge is 0.497 e. The van der Waals surface area contributed by atoms with E-state index in [0.29, 0.717) is 27.8 Å². The van der Waals surface area contributed by atoms with Crippen LogP contribution in [0.1, 0.15) is 11.1 Å². The first-order chi connectivity index (χ1) is 9.51. The first kappa shape index (κ1) is 14.2. The fourth-order valence-corrected chi connectivity index (χ4v) is 2.01. The van der Waals surface area contributed by atoms with E-state index in [-0.39, 0.29) is 5.84 Å². The molecule has 0 aromatic heterocycles. The van der Waals surface area contributed by atoms with Crippen LogP contribution in [0, 0.1) is 12.3 Å². The highest BCUT2D eigenvalue weighted by Crippen LogP contribution is 2.32. The molecule has 0 heterocycles. The molecule has 2 aromatic rings. The maximum atomic E-state index is 7.59. The molecular weight excluding hydrogens is 276 g/mol. The Kier molecular flexibility index (Phi) is 4.15. The van der Waals surface area contributed by atoms with E-state index in [4.69, 9.17) is 32.2 Å². The molecule has 104 valence electrons. The van der Waals surface area contributed by atoms with E-state index in [1.165, 1.54) is 0 Å². The van der Waals surface area contributed by atoms with Gasteiger partial charge in [-0.2, -0.15) is 0 Å². The van der Waals surface area contributed by atoms with Gasteiger partial charge in [-0.3, -0.25) is 5.41 Å². The number of rotatable bonds is 4. The van der Waals surface area contributed by atoms with Crippen LogP contribution in [-0.2, 0) is 0 Å². The Labute approximate surface area is 122 Å². The lowest BCUT2D eigenvalue weighted by Gasteiger charge is -2.13. The lowest BCUT2D eigenvalue weighted by molar-refractivity contribution is 0.408. The fraction of sp³-hybridized carbons (Fsp3) is 0.133. The molecule has 0 aliphatic rings. The van der Waals surface area contributed by atoms with Crippen LogP contribution in [0.25, 0.3) is 0 Å². The van der Waals surface area contributed by atoms with E-state index < -0.39 is 0 Å². The minimum Gasteiger partial charge on any atom is -0.497 e. The van der Waals surface area contributed by atoms with Gasteiger partial charge in [-0.15, -0.1) is 0 Å².